The number of likely N-dealkylation sites (N-methyl/N-ethyl adjacent to an activating group) is 1. The van der Waals surface area contributed by atoms with Gasteiger partial charge in [-0.2, -0.15) is 0 Å². The van der Waals surface area contributed by atoms with Crippen LogP contribution in [-0.4, -0.2) is 47.7 Å². The minimum absolute atomic E-state index is 0.0258. The van der Waals surface area contributed by atoms with Crippen LogP contribution in [0.3, 0.4) is 0 Å². The molecule has 0 radical (unpaired) electrons. The van der Waals surface area contributed by atoms with Gasteiger partial charge in [0.2, 0.25) is 5.88 Å². The lowest BCUT2D eigenvalue weighted by Crippen LogP contribution is -2.43. The van der Waals surface area contributed by atoms with Gasteiger partial charge in [-0.3, -0.25) is 0 Å². The quantitative estimate of drug-likeness (QED) is 0.804. The van der Waals surface area contributed by atoms with Crippen molar-refractivity contribution in [1.29, 1.82) is 0 Å². The highest BCUT2D eigenvalue weighted by Crippen LogP contribution is 2.15. The number of nitrogens with zero attached hydrogens (tertiary/aromatic N) is 3. The Balaban J connectivity index is 2.57. The van der Waals surface area contributed by atoms with E-state index in [-0.39, 0.29) is 5.54 Å². The molecule has 0 spiro atoms. The molecule has 5 heteroatoms. The van der Waals surface area contributed by atoms with Gasteiger partial charge in [-0.25, -0.2) is 9.97 Å². The van der Waals surface area contributed by atoms with Crippen molar-refractivity contribution in [3.05, 3.63) is 12.4 Å². The maximum absolute atomic E-state index is 5.72. The topological polar surface area (TPSA) is 50.3 Å². The molecule has 0 aliphatic rings. The average molecular weight is 252 g/mol. The molecular weight excluding hydrogens is 228 g/mol. The molecular formula is C13H24N4O. The van der Waals surface area contributed by atoms with Gasteiger partial charge < -0.3 is 15.0 Å². The van der Waals surface area contributed by atoms with Gasteiger partial charge in [0.1, 0.15) is 18.8 Å². The summed E-state index contributed by atoms with van der Waals surface area (Å²) in [6.45, 7) is 7.87. The summed E-state index contributed by atoms with van der Waals surface area (Å²) < 4.78 is 5.72. The number of hydrogen-bond acceptors (Lipinski definition) is 5. The van der Waals surface area contributed by atoms with E-state index in [0.29, 0.717) is 12.5 Å². The predicted octanol–water partition coefficient (Wildman–Crippen LogP) is 2.02. The fourth-order valence-corrected chi connectivity index (χ4v) is 1.15. The largest absolute Gasteiger partial charge is 0.476 e. The number of nitrogens with one attached hydrogen (secondary N) is 1. The third kappa shape index (κ3) is 4.49. The molecule has 5 nitrogen and oxygen atoms in total. The molecule has 0 atom stereocenters. The summed E-state index contributed by atoms with van der Waals surface area (Å²) in [4.78, 5) is 10.4. The highest BCUT2D eigenvalue weighted by Gasteiger charge is 2.21. The van der Waals surface area contributed by atoms with Gasteiger partial charge in [0.05, 0.1) is 0 Å². The van der Waals surface area contributed by atoms with E-state index in [2.05, 4.69) is 41.0 Å². The Hall–Kier alpha value is -1.36. The third-order valence-electron chi connectivity index (χ3n) is 2.98. The van der Waals surface area contributed by atoms with Gasteiger partial charge in [-0.15, -0.1) is 0 Å². The van der Waals surface area contributed by atoms with Crippen LogP contribution in [0.15, 0.2) is 12.4 Å². The predicted molar refractivity (Wildman–Crippen MR) is 74.1 cm³/mol. The van der Waals surface area contributed by atoms with Crippen molar-refractivity contribution in [3.8, 4) is 5.88 Å². The molecule has 18 heavy (non-hydrogen) atoms. The zero-order valence-electron chi connectivity index (χ0n) is 12.0. The third-order valence-corrected chi connectivity index (χ3v) is 2.98. The second kappa shape index (κ2) is 6.54. The summed E-state index contributed by atoms with van der Waals surface area (Å²) in [5.41, 5.74) is -0.0258. The van der Waals surface area contributed by atoms with Gasteiger partial charge >= 0.3 is 0 Å². The van der Waals surface area contributed by atoms with E-state index in [9.17, 15) is 0 Å². The molecule has 0 amide bonds. The molecule has 0 saturated heterocycles. The molecule has 1 aromatic rings. The highest BCUT2D eigenvalue weighted by atomic mass is 16.5. The van der Waals surface area contributed by atoms with E-state index in [1.165, 1.54) is 6.33 Å². The molecule has 0 aliphatic heterocycles. The monoisotopic (exact) mass is 252 g/mol. The molecule has 102 valence electrons. The number of hydrogen-bond donors (Lipinski definition) is 1. The Morgan fingerprint density at radius 1 is 1.33 bits per heavy atom. The molecule has 1 rings (SSSR count). The molecule has 1 N–H and O–H groups in total. The Morgan fingerprint density at radius 3 is 2.67 bits per heavy atom. The molecule has 0 fully saturated rings. The first-order valence-corrected chi connectivity index (χ1v) is 6.32. The van der Waals surface area contributed by atoms with Crippen LogP contribution in [0.1, 0.15) is 27.2 Å². The number of rotatable bonds is 7. The molecule has 1 aromatic heterocycles. The van der Waals surface area contributed by atoms with Crippen molar-refractivity contribution in [2.75, 3.05) is 32.6 Å². The fourth-order valence-electron chi connectivity index (χ4n) is 1.15. The summed E-state index contributed by atoms with van der Waals surface area (Å²) in [6, 6.07) is 1.83. The van der Waals surface area contributed by atoms with E-state index in [0.717, 1.165) is 18.8 Å². The van der Waals surface area contributed by atoms with E-state index >= 15 is 0 Å². The number of anilines is 1. The Labute approximate surface area is 110 Å². The fraction of sp³-hybridized carbons (Fsp3) is 0.692. The first-order chi connectivity index (χ1) is 8.45. The Kier molecular flexibility index (Phi) is 5.34. The minimum Gasteiger partial charge on any atom is -0.476 e. The Morgan fingerprint density at radius 2 is 2.06 bits per heavy atom. The van der Waals surface area contributed by atoms with E-state index in [4.69, 9.17) is 4.74 Å². The summed E-state index contributed by atoms with van der Waals surface area (Å²) in [7, 11) is 4.08. The maximum Gasteiger partial charge on any atom is 0.218 e. The molecule has 0 bridgehead atoms. The summed E-state index contributed by atoms with van der Waals surface area (Å²) in [5, 5.41) is 3.21. The average Bonchev–Trinajstić information content (AvgIpc) is 2.34. The van der Waals surface area contributed by atoms with Crippen molar-refractivity contribution in [3.63, 3.8) is 0 Å². The van der Waals surface area contributed by atoms with Gasteiger partial charge in [-0.1, -0.05) is 6.92 Å². The van der Waals surface area contributed by atoms with Crippen molar-refractivity contribution in [2.45, 2.75) is 32.7 Å². The van der Waals surface area contributed by atoms with Crippen molar-refractivity contribution < 1.29 is 4.74 Å². The summed E-state index contributed by atoms with van der Waals surface area (Å²) in [5.74, 6) is 1.42. The van der Waals surface area contributed by atoms with Crippen LogP contribution in [0.5, 0.6) is 5.88 Å². The normalized spacial score (nSPS) is 11.7. The van der Waals surface area contributed by atoms with Crippen LogP contribution in [0.2, 0.25) is 0 Å². The van der Waals surface area contributed by atoms with E-state index in [1.54, 1.807) is 0 Å². The summed E-state index contributed by atoms with van der Waals surface area (Å²) >= 11 is 0. The smallest absolute Gasteiger partial charge is 0.218 e. The van der Waals surface area contributed by atoms with Crippen molar-refractivity contribution in [2.24, 2.45) is 0 Å². The SMILES string of the molecule is CCCNc1cc(OCC(C)(C)N(C)C)ncn1. The van der Waals surface area contributed by atoms with Gasteiger partial charge in [0, 0.05) is 18.2 Å². The minimum atomic E-state index is -0.0258. The number of ether oxygens (including phenoxy) is 1. The van der Waals surface area contributed by atoms with Crippen LogP contribution in [0, 0.1) is 0 Å². The first-order valence-electron chi connectivity index (χ1n) is 6.32. The molecule has 0 saturated carbocycles. The highest BCUT2D eigenvalue weighted by molar-refractivity contribution is 5.36. The van der Waals surface area contributed by atoms with Gasteiger partial charge in [-0.05, 0) is 34.4 Å². The van der Waals surface area contributed by atoms with Crippen LogP contribution in [0.4, 0.5) is 5.82 Å². The number of aromatic nitrogens is 2. The second-order valence-corrected chi connectivity index (χ2v) is 5.16. The molecule has 0 unspecified atom stereocenters. The molecule has 0 aromatic carbocycles. The lowest BCUT2D eigenvalue weighted by atomic mass is 10.1. The lowest BCUT2D eigenvalue weighted by molar-refractivity contribution is 0.111. The molecule has 0 aliphatic carbocycles. The van der Waals surface area contributed by atoms with Crippen LogP contribution in [0.25, 0.3) is 0 Å². The van der Waals surface area contributed by atoms with Crippen LogP contribution >= 0.6 is 0 Å². The lowest BCUT2D eigenvalue weighted by Gasteiger charge is -2.31. The van der Waals surface area contributed by atoms with E-state index < -0.39 is 0 Å². The van der Waals surface area contributed by atoms with Crippen molar-refractivity contribution in [1.82, 2.24) is 14.9 Å². The maximum atomic E-state index is 5.72. The molecule has 1 heterocycles. The Bertz CT molecular complexity index is 366. The standard InChI is InChI=1S/C13H24N4O/c1-6-7-14-11-8-12(16-10-15-11)18-9-13(2,3)17(4)5/h8,10H,6-7,9H2,1-5H3,(H,14,15,16). The van der Waals surface area contributed by atoms with Crippen LogP contribution < -0.4 is 10.1 Å². The van der Waals surface area contributed by atoms with Crippen molar-refractivity contribution >= 4 is 5.82 Å². The zero-order valence-corrected chi connectivity index (χ0v) is 12.0. The van der Waals surface area contributed by atoms with E-state index in [1.807, 2.05) is 20.2 Å². The summed E-state index contributed by atoms with van der Waals surface area (Å²) in [6.07, 6.45) is 2.59. The van der Waals surface area contributed by atoms with Crippen LogP contribution in [-0.2, 0) is 0 Å². The van der Waals surface area contributed by atoms with Gasteiger partial charge in [0.15, 0.2) is 0 Å². The second-order valence-electron chi connectivity index (χ2n) is 5.16. The van der Waals surface area contributed by atoms with Gasteiger partial charge in [0.25, 0.3) is 0 Å². The first kappa shape index (κ1) is 14.7. The zero-order chi connectivity index (χ0) is 13.6.